The van der Waals surface area contributed by atoms with Gasteiger partial charge in [-0.15, -0.1) is 0 Å². The van der Waals surface area contributed by atoms with Gasteiger partial charge in [0.15, 0.2) is 0 Å². The van der Waals surface area contributed by atoms with Gasteiger partial charge in [-0.25, -0.2) is 0 Å². The molecule has 0 unspecified atom stereocenters. The molecule has 2 aliphatic rings. The van der Waals surface area contributed by atoms with Crippen molar-refractivity contribution in [1.82, 2.24) is 0 Å². The summed E-state index contributed by atoms with van der Waals surface area (Å²) in [5, 5.41) is 3.35. The highest BCUT2D eigenvalue weighted by Crippen LogP contribution is 2.56. The maximum absolute atomic E-state index is 12.5. The predicted molar refractivity (Wildman–Crippen MR) is 163 cm³/mol. The first kappa shape index (κ1) is 28.9. The molecule has 4 atom stereocenters. The Kier molecular flexibility index (Phi) is 8.17. The molecule has 4 aromatic carbocycles. The standard InChI is InChI=1S/C34H32BN3O5/c1-40-33(24-15-7-3-8-16-24,25-17-9-4-10-18-25)30-31(43-35(42-30)29-23-28(29)32(39)37-38-36)34(41-2,26-19-11-5-12-20-26)27-21-13-6-14-22-27/h3-22,28-31H,23H2,1-2H3/t28-,29-,30-,31-/m1/s1. The average Bonchev–Trinajstić information content (AvgIpc) is 3.76. The summed E-state index contributed by atoms with van der Waals surface area (Å²) in [5.41, 5.74) is 10.1. The fraction of sp³-hybridized carbons (Fsp3) is 0.265. The summed E-state index contributed by atoms with van der Waals surface area (Å²) in [7, 11) is 2.58. The zero-order valence-electron chi connectivity index (χ0n) is 24.0. The lowest BCUT2D eigenvalue weighted by molar-refractivity contribution is -0.136. The van der Waals surface area contributed by atoms with Crippen LogP contribution in [0.5, 0.6) is 0 Å². The molecule has 0 N–H and O–H groups in total. The normalized spacial score (nSPS) is 21.7. The molecular formula is C34H32BN3O5. The fourth-order valence-corrected chi connectivity index (χ4v) is 6.64. The number of rotatable bonds is 10. The minimum absolute atomic E-state index is 0.285. The summed E-state index contributed by atoms with van der Waals surface area (Å²) < 4.78 is 27.1. The van der Waals surface area contributed by atoms with Gasteiger partial charge in [0.2, 0.25) is 5.91 Å². The van der Waals surface area contributed by atoms with Crippen LogP contribution in [0.4, 0.5) is 0 Å². The number of hydrogen-bond acceptors (Lipinski definition) is 5. The number of hydrogen-bond donors (Lipinski definition) is 0. The number of benzene rings is 4. The second-order valence-electron chi connectivity index (χ2n) is 10.9. The van der Waals surface area contributed by atoms with Gasteiger partial charge in [0.05, 0.1) is 0 Å². The van der Waals surface area contributed by atoms with E-state index in [1.807, 2.05) is 121 Å². The van der Waals surface area contributed by atoms with Crippen molar-refractivity contribution in [2.75, 3.05) is 14.2 Å². The van der Waals surface area contributed by atoms with E-state index in [0.29, 0.717) is 6.42 Å². The summed E-state index contributed by atoms with van der Waals surface area (Å²) in [5.74, 6) is -1.27. The Morgan fingerprint density at radius 3 is 1.37 bits per heavy atom. The molecule has 1 amide bonds. The number of nitrogens with zero attached hydrogens (tertiary/aromatic N) is 3. The Morgan fingerprint density at radius 1 is 0.721 bits per heavy atom. The van der Waals surface area contributed by atoms with E-state index in [1.54, 1.807) is 14.2 Å². The first-order valence-corrected chi connectivity index (χ1v) is 14.3. The van der Waals surface area contributed by atoms with Gasteiger partial charge in [0.25, 0.3) is 0 Å². The molecule has 1 saturated heterocycles. The number of azide groups is 1. The van der Waals surface area contributed by atoms with E-state index >= 15 is 0 Å². The van der Waals surface area contributed by atoms with Crippen molar-refractivity contribution in [2.45, 2.75) is 35.6 Å². The lowest BCUT2D eigenvalue weighted by Crippen LogP contribution is -2.56. The molecule has 8 nitrogen and oxygen atoms in total. The van der Waals surface area contributed by atoms with Crippen LogP contribution >= 0.6 is 0 Å². The highest BCUT2D eigenvalue weighted by atomic mass is 16.7. The maximum Gasteiger partial charge on any atom is 0.461 e. The van der Waals surface area contributed by atoms with Crippen LogP contribution in [-0.2, 0) is 34.8 Å². The molecule has 2 fully saturated rings. The van der Waals surface area contributed by atoms with E-state index in [2.05, 4.69) is 10.0 Å². The van der Waals surface area contributed by atoms with Crippen molar-refractivity contribution < 1.29 is 23.6 Å². The van der Waals surface area contributed by atoms with Crippen LogP contribution in [0.2, 0.25) is 5.82 Å². The van der Waals surface area contributed by atoms with E-state index < -0.39 is 42.4 Å². The highest BCUT2D eigenvalue weighted by Gasteiger charge is 2.66. The van der Waals surface area contributed by atoms with Gasteiger partial charge in [0.1, 0.15) is 23.4 Å². The fourth-order valence-electron chi connectivity index (χ4n) is 6.64. The third-order valence-corrected chi connectivity index (χ3v) is 8.74. The van der Waals surface area contributed by atoms with Crippen LogP contribution in [0.3, 0.4) is 0 Å². The van der Waals surface area contributed by atoms with E-state index in [4.69, 9.17) is 24.3 Å². The predicted octanol–water partition coefficient (Wildman–Crippen LogP) is 6.67. The van der Waals surface area contributed by atoms with Crippen LogP contribution < -0.4 is 0 Å². The molecule has 6 rings (SSSR count). The number of amides is 1. The molecular weight excluding hydrogens is 541 g/mol. The molecule has 43 heavy (non-hydrogen) atoms. The van der Waals surface area contributed by atoms with Crippen LogP contribution in [0.25, 0.3) is 10.4 Å². The lowest BCUT2D eigenvalue weighted by Gasteiger charge is -2.47. The smallest absolute Gasteiger partial charge is 0.402 e. The Bertz CT molecular complexity index is 1410. The first-order valence-electron chi connectivity index (χ1n) is 14.3. The van der Waals surface area contributed by atoms with Crippen molar-refractivity contribution >= 4 is 13.0 Å². The van der Waals surface area contributed by atoms with E-state index in [1.165, 1.54) is 0 Å². The highest BCUT2D eigenvalue weighted by molar-refractivity contribution is 6.49. The van der Waals surface area contributed by atoms with Crippen molar-refractivity contribution in [2.24, 2.45) is 11.0 Å². The van der Waals surface area contributed by atoms with Crippen molar-refractivity contribution in [1.29, 1.82) is 0 Å². The molecule has 1 saturated carbocycles. The van der Waals surface area contributed by atoms with E-state index in [-0.39, 0.29) is 5.82 Å². The van der Waals surface area contributed by atoms with Crippen LogP contribution in [0.15, 0.2) is 126 Å². The van der Waals surface area contributed by atoms with Gasteiger partial charge in [-0.1, -0.05) is 121 Å². The van der Waals surface area contributed by atoms with Gasteiger partial charge in [-0.2, -0.15) is 0 Å². The molecule has 0 aromatic heterocycles. The third kappa shape index (κ3) is 4.95. The lowest BCUT2D eigenvalue weighted by atomic mass is 9.71. The van der Waals surface area contributed by atoms with Gasteiger partial charge in [-0.3, -0.25) is 4.79 Å². The average molecular weight is 573 g/mol. The van der Waals surface area contributed by atoms with E-state index in [0.717, 1.165) is 22.3 Å². The van der Waals surface area contributed by atoms with Gasteiger partial charge < -0.3 is 18.8 Å². The summed E-state index contributed by atoms with van der Waals surface area (Å²) in [6.45, 7) is 0. The van der Waals surface area contributed by atoms with Gasteiger partial charge in [0, 0.05) is 30.9 Å². The van der Waals surface area contributed by atoms with Crippen molar-refractivity contribution in [3.8, 4) is 0 Å². The van der Waals surface area contributed by atoms with Crippen molar-refractivity contribution in [3.05, 3.63) is 154 Å². The van der Waals surface area contributed by atoms with Gasteiger partial charge >= 0.3 is 7.12 Å². The topological polar surface area (TPSA) is 103 Å². The summed E-state index contributed by atoms with van der Waals surface area (Å²) in [6, 6.07) is 39.8. The minimum atomic E-state index is -1.13. The molecule has 1 aliphatic heterocycles. The third-order valence-electron chi connectivity index (χ3n) is 8.74. The summed E-state index contributed by atoms with van der Waals surface area (Å²) in [6.07, 6.45) is -0.998. The quantitative estimate of drug-likeness (QED) is 0.0913. The zero-order chi connectivity index (χ0) is 29.9. The molecule has 0 spiro atoms. The molecule has 1 heterocycles. The summed E-state index contributed by atoms with van der Waals surface area (Å²) in [4.78, 5) is 15.3. The monoisotopic (exact) mass is 573 g/mol. The second-order valence-corrected chi connectivity index (χ2v) is 10.9. The van der Waals surface area contributed by atoms with E-state index in [9.17, 15) is 4.79 Å². The molecule has 9 heteroatoms. The second kappa shape index (κ2) is 12.2. The van der Waals surface area contributed by atoms with Crippen LogP contribution in [0, 0.1) is 5.92 Å². The van der Waals surface area contributed by atoms with Crippen LogP contribution in [0.1, 0.15) is 28.7 Å². The molecule has 1 aliphatic carbocycles. The molecule has 216 valence electrons. The first-order chi connectivity index (χ1) is 21.1. The Morgan fingerprint density at radius 2 is 1.07 bits per heavy atom. The molecule has 4 aromatic rings. The number of ether oxygens (including phenoxy) is 2. The zero-order valence-corrected chi connectivity index (χ0v) is 24.0. The molecule has 0 radical (unpaired) electrons. The summed E-state index contributed by atoms with van der Waals surface area (Å²) >= 11 is 0. The number of carbonyl (C=O) groups excluding carboxylic acids is 1. The number of carbonyl (C=O) groups is 1. The largest absolute Gasteiger partial charge is 0.461 e. The Balaban J connectivity index is 1.58. The Hall–Kier alpha value is -4.24. The van der Waals surface area contributed by atoms with Crippen molar-refractivity contribution in [3.63, 3.8) is 0 Å². The van der Waals surface area contributed by atoms with Crippen LogP contribution in [-0.4, -0.2) is 39.5 Å². The minimum Gasteiger partial charge on any atom is -0.402 e. The van der Waals surface area contributed by atoms with Gasteiger partial charge in [-0.05, 0) is 39.3 Å². The molecule has 0 bridgehead atoms. The SMILES string of the molecule is COC(c1ccccc1)(c1ccccc1)[C@@H]1OB([C@@H]2C[C@H]2C(=O)N=[N+]=[N-])O[C@H]1C(OC)(c1ccccc1)c1ccccc1. The Labute approximate surface area is 251 Å². The maximum atomic E-state index is 12.5. The number of methoxy groups -OCH3 is 2.